The number of benzene rings is 1. The van der Waals surface area contributed by atoms with Crippen LogP contribution >= 0.6 is 0 Å². The molecule has 0 bridgehead atoms. The molecule has 6 nitrogen and oxygen atoms in total. The molecule has 1 amide bonds. The number of rotatable bonds is 5. The molecule has 1 aromatic rings. The van der Waals surface area contributed by atoms with E-state index in [0.717, 1.165) is 16.6 Å². The standard InChI is InChI=1S/C21H26N2O4/c1-13(24)18-17-11-16(19(21(26)27)22(17)20(18)25)15-7-5-14(6-8-15)12-23(2)9-3-4-10-23/h5-8,13,17-18,24H,3-4,9-12H2,1-2H3/t13-,17-,18-/m1/s1. The van der Waals surface area contributed by atoms with Crippen molar-refractivity contribution in [3.63, 3.8) is 0 Å². The zero-order chi connectivity index (χ0) is 19.3. The molecule has 3 heterocycles. The fourth-order valence-corrected chi connectivity index (χ4v) is 5.03. The van der Waals surface area contributed by atoms with Crippen LogP contribution in [-0.2, 0) is 16.1 Å². The number of carbonyl (C=O) groups excluding carboxylic acids is 2. The molecule has 1 aromatic carbocycles. The van der Waals surface area contributed by atoms with Crippen LogP contribution < -0.4 is 5.11 Å². The largest absolute Gasteiger partial charge is 0.543 e. The maximum absolute atomic E-state index is 12.3. The maximum Gasteiger partial charge on any atom is 0.235 e. The van der Waals surface area contributed by atoms with E-state index in [4.69, 9.17) is 0 Å². The lowest BCUT2D eigenvalue weighted by Crippen LogP contribution is -2.62. The molecule has 2 fully saturated rings. The topological polar surface area (TPSA) is 80.7 Å². The van der Waals surface area contributed by atoms with Gasteiger partial charge in [0.2, 0.25) is 5.91 Å². The predicted molar refractivity (Wildman–Crippen MR) is 97.6 cm³/mol. The molecule has 3 atom stereocenters. The van der Waals surface area contributed by atoms with Gasteiger partial charge in [0.05, 0.1) is 49.9 Å². The molecule has 2 saturated heterocycles. The van der Waals surface area contributed by atoms with Gasteiger partial charge in [0.25, 0.3) is 0 Å². The second-order valence-electron chi connectivity index (χ2n) is 8.49. The number of fused-ring (bicyclic) bond motifs is 1. The van der Waals surface area contributed by atoms with Gasteiger partial charge in [0, 0.05) is 18.4 Å². The van der Waals surface area contributed by atoms with Crippen LogP contribution in [0.15, 0.2) is 30.0 Å². The summed E-state index contributed by atoms with van der Waals surface area (Å²) in [5, 5.41) is 21.5. The Balaban J connectivity index is 1.59. The molecule has 3 aliphatic rings. The summed E-state index contributed by atoms with van der Waals surface area (Å²) in [6, 6.07) is 7.73. The lowest BCUT2D eigenvalue weighted by Gasteiger charge is -2.45. The Kier molecular flexibility index (Phi) is 4.35. The zero-order valence-corrected chi connectivity index (χ0v) is 15.9. The van der Waals surface area contributed by atoms with E-state index in [1.807, 2.05) is 12.1 Å². The molecule has 0 aromatic heterocycles. The average Bonchev–Trinajstić information content (AvgIpc) is 3.17. The van der Waals surface area contributed by atoms with Gasteiger partial charge in [0.15, 0.2) is 0 Å². The van der Waals surface area contributed by atoms with E-state index in [9.17, 15) is 19.8 Å². The number of quaternary nitrogens is 1. The highest BCUT2D eigenvalue weighted by atomic mass is 16.4. The molecule has 1 N–H and O–H groups in total. The summed E-state index contributed by atoms with van der Waals surface area (Å²) in [4.78, 5) is 25.3. The summed E-state index contributed by atoms with van der Waals surface area (Å²) in [7, 11) is 2.28. The highest BCUT2D eigenvalue weighted by Gasteiger charge is 2.55. The molecule has 4 rings (SSSR count). The molecular weight excluding hydrogens is 344 g/mol. The number of carbonyl (C=O) groups is 2. The summed E-state index contributed by atoms with van der Waals surface area (Å²) in [6.07, 6.45) is 2.20. The second kappa shape index (κ2) is 6.46. The first-order chi connectivity index (χ1) is 12.8. The minimum absolute atomic E-state index is 0.0341. The Bertz CT molecular complexity index is 806. The van der Waals surface area contributed by atoms with Crippen molar-refractivity contribution in [2.45, 2.75) is 44.9 Å². The highest BCUT2D eigenvalue weighted by Crippen LogP contribution is 2.46. The molecular formula is C21H26N2O4. The van der Waals surface area contributed by atoms with E-state index in [-0.39, 0.29) is 17.6 Å². The fourth-order valence-electron chi connectivity index (χ4n) is 5.03. The van der Waals surface area contributed by atoms with Crippen LogP contribution in [0.25, 0.3) is 5.57 Å². The molecule has 27 heavy (non-hydrogen) atoms. The van der Waals surface area contributed by atoms with Crippen LogP contribution in [0.3, 0.4) is 0 Å². The Hall–Kier alpha value is -2.18. The third-order valence-electron chi connectivity index (χ3n) is 6.43. The number of β-lactam (4-membered cyclic amide) rings is 1. The molecule has 144 valence electrons. The van der Waals surface area contributed by atoms with Crippen LogP contribution in [0.1, 0.15) is 37.3 Å². The SMILES string of the molecule is C[C@@H](O)[C@H]1C(=O)N2C(C(=O)[O-])=C(c3ccc(C[N+]4(C)CCCC4)cc3)C[C@H]12. The number of carboxylic acid groups (broad SMARTS) is 1. The monoisotopic (exact) mass is 370 g/mol. The number of nitrogens with zero attached hydrogens (tertiary/aromatic N) is 2. The number of aliphatic hydroxyl groups is 1. The van der Waals surface area contributed by atoms with Gasteiger partial charge < -0.3 is 24.4 Å². The number of hydrogen-bond acceptors (Lipinski definition) is 4. The van der Waals surface area contributed by atoms with Gasteiger partial charge in [-0.25, -0.2) is 0 Å². The highest BCUT2D eigenvalue weighted by molar-refractivity contribution is 6.05. The van der Waals surface area contributed by atoms with Gasteiger partial charge in [0.1, 0.15) is 6.54 Å². The summed E-state index contributed by atoms with van der Waals surface area (Å²) >= 11 is 0. The van der Waals surface area contributed by atoms with Crippen LogP contribution in [0.4, 0.5) is 0 Å². The van der Waals surface area contributed by atoms with Crippen LogP contribution in [-0.4, -0.2) is 58.6 Å². The number of aliphatic carboxylic acids is 1. The van der Waals surface area contributed by atoms with Crippen molar-refractivity contribution >= 4 is 17.4 Å². The lowest BCUT2D eigenvalue weighted by molar-refractivity contribution is -0.910. The smallest absolute Gasteiger partial charge is 0.235 e. The first-order valence-corrected chi connectivity index (χ1v) is 9.69. The molecule has 0 saturated carbocycles. The molecule has 0 unspecified atom stereocenters. The van der Waals surface area contributed by atoms with Crippen molar-refractivity contribution in [1.29, 1.82) is 0 Å². The summed E-state index contributed by atoms with van der Waals surface area (Å²) < 4.78 is 1.05. The van der Waals surface area contributed by atoms with Crippen molar-refractivity contribution in [3.8, 4) is 0 Å². The normalized spacial score (nSPS) is 27.5. The van der Waals surface area contributed by atoms with E-state index in [1.54, 1.807) is 6.92 Å². The Labute approximate surface area is 159 Å². The number of hydrogen-bond donors (Lipinski definition) is 1. The van der Waals surface area contributed by atoms with Crippen LogP contribution in [0.5, 0.6) is 0 Å². The first-order valence-electron chi connectivity index (χ1n) is 9.69. The minimum atomic E-state index is -1.33. The maximum atomic E-state index is 12.3. The number of carboxylic acids is 1. The Morgan fingerprint density at radius 1 is 1.30 bits per heavy atom. The third-order valence-corrected chi connectivity index (χ3v) is 6.43. The van der Waals surface area contributed by atoms with E-state index in [1.165, 1.54) is 36.4 Å². The van der Waals surface area contributed by atoms with Crippen molar-refractivity contribution in [3.05, 3.63) is 41.1 Å². The van der Waals surface area contributed by atoms with Gasteiger partial charge in [-0.2, -0.15) is 0 Å². The predicted octanol–water partition coefficient (Wildman–Crippen LogP) is 0.500. The Morgan fingerprint density at radius 3 is 2.48 bits per heavy atom. The molecule has 0 spiro atoms. The fraction of sp³-hybridized carbons (Fsp3) is 0.524. The molecule has 0 aliphatic carbocycles. The Morgan fingerprint density at radius 2 is 1.93 bits per heavy atom. The van der Waals surface area contributed by atoms with Gasteiger partial charge in [-0.3, -0.25) is 4.79 Å². The van der Waals surface area contributed by atoms with Gasteiger partial charge >= 0.3 is 0 Å². The van der Waals surface area contributed by atoms with E-state index in [0.29, 0.717) is 12.0 Å². The average molecular weight is 370 g/mol. The molecule has 3 aliphatic heterocycles. The van der Waals surface area contributed by atoms with Crippen molar-refractivity contribution in [1.82, 2.24) is 4.90 Å². The number of likely N-dealkylation sites (tertiary alicyclic amines) is 1. The summed E-state index contributed by atoms with van der Waals surface area (Å²) in [5.41, 5.74) is 2.64. The van der Waals surface area contributed by atoms with Gasteiger partial charge in [-0.05, 0) is 24.5 Å². The van der Waals surface area contributed by atoms with Crippen LogP contribution in [0.2, 0.25) is 0 Å². The van der Waals surface area contributed by atoms with E-state index >= 15 is 0 Å². The van der Waals surface area contributed by atoms with E-state index in [2.05, 4.69) is 19.2 Å². The van der Waals surface area contributed by atoms with Gasteiger partial charge in [-0.1, -0.05) is 24.3 Å². The zero-order valence-electron chi connectivity index (χ0n) is 15.9. The molecule has 6 heteroatoms. The van der Waals surface area contributed by atoms with Crippen molar-refractivity contribution in [2.24, 2.45) is 5.92 Å². The first kappa shape index (κ1) is 18.2. The van der Waals surface area contributed by atoms with E-state index < -0.39 is 18.0 Å². The third kappa shape index (κ3) is 2.97. The number of aliphatic hydroxyl groups excluding tert-OH is 1. The second-order valence-corrected chi connectivity index (χ2v) is 8.49. The number of amides is 1. The minimum Gasteiger partial charge on any atom is -0.543 e. The molecule has 0 radical (unpaired) electrons. The van der Waals surface area contributed by atoms with Crippen molar-refractivity contribution in [2.75, 3.05) is 20.1 Å². The summed E-state index contributed by atoms with van der Waals surface area (Å²) in [6.45, 7) is 4.94. The quantitative estimate of drug-likeness (QED) is 0.605. The van der Waals surface area contributed by atoms with Crippen molar-refractivity contribution < 1.29 is 24.3 Å². The summed E-state index contributed by atoms with van der Waals surface area (Å²) in [5.74, 6) is -2.19. The van der Waals surface area contributed by atoms with Gasteiger partial charge in [-0.15, -0.1) is 0 Å². The lowest BCUT2D eigenvalue weighted by atomic mass is 9.82. The van der Waals surface area contributed by atoms with Crippen LogP contribution in [0, 0.1) is 5.92 Å².